The SMILES string of the molecule is CC[C@H](C)CN1C(=O)/C(=C/C(=O)N2CCOCC2)c2cccc(F)c21. The summed E-state index contributed by atoms with van der Waals surface area (Å²) < 4.78 is 19.6. The number of rotatable bonds is 4. The lowest BCUT2D eigenvalue weighted by Gasteiger charge is -2.25. The Morgan fingerprint density at radius 1 is 1.36 bits per heavy atom. The van der Waals surface area contributed by atoms with Crippen LogP contribution in [0.2, 0.25) is 0 Å². The van der Waals surface area contributed by atoms with Crippen LogP contribution in [0.5, 0.6) is 0 Å². The second-order valence-electron chi connectivity index (χ2n) is 6.56. The summed E-state index contributed by atoms with van der Waals surface area (Å²) in [5, 5.41) is 0. The molecule has 3 rings (SSSR count). The van der Waals surface area contributed by atoms with Crippen LogP contribution < -0.4 is 4.90 Å². The number of benzene rings is 1. The molecule has 1 saturated heterocycles. The highest BCUT2D eigenvalue weighted by atomic mass is 19.1. The van der Waals surface area contributed by atoms with Gasteiger partial charge in [-0.2, -0.15) is 0 Å². The number of anilines is 1. The summed E-state index contributed by atoms with van der Waals surface area (Å²) in [6.07, 6.45) is 2.24. The molecule has 1 fully saturated rings. The topological polar surface area (TPSA) is 49.9 Å². The average Bonchev–Trinajstić information content (AvgIpc) is 2.89. The molecule has 2 heterocycles. The average molecular weight is 346 g/mol. The van der Waals surface area contributed by atoms with Crippen molar-refractivity contribution in [1.29, 1.82) is 0 Å². The Morgan fingerprint density at radius 3 is 2.76 bits per heavy atom. The molecule has 0 bridgehead atoms. The summed E-state index contributed by atoms with van der Waals surface area (Å²) in [6, 6.07) is 4.62. The van der Waals surface area contributed by atoms with Crippen molar-refractivity contribution in [2.75, 3.05) is 37.7 Å². The van der Waals surface area contributed by atoms with Crippen LogP contribution in [0.3, 0.4) is 0 Å². The van der Waals surface area contributed by atoms with Crippen LogP contribution in [0.25, 0.3) is 5.57 Å². The van der Waals surface area contributed by atoms with Crippen LogP contribution in [-0.4, -0.2) is 49.6 Å². The Balaban J connectivity index is 1.95. The molecule has 5 nitrogen and oxygen atoms in total. The van der Waals surface area contributed by atoms with E-state index in [4.69, 9.17) is 4.74 Å². The van der Waals surface area contributed by atoms with Gasteiger partial charge in [-0.1, -0.05) is 32.4 Å². The van der Waals surface area contributed by atoms with Crippen LogP contribution in [0.15, 0.2) is 24.3 Å². The van der Waals surface area contributed by atoms with E-state index in [0.717, 1.165) is 6.42 Å². The molecule has 6 heteroatoms. The van der Waals surface area contributed by atoms with Gasteiger partial charge >= 0.3 is 0 Å². The van der Waals surface area contributed by atoms with Crippen LogP contribution in [0.4, 0.5) is 10.1 Å². The molecule has 1 aromatic rings. The summed E-state index contributed by atoms with van der Waals surface area (Å²) in [6.45, 7) is 6.49. The number of fused-ring (bicyclic) bond motifs is 1. The number of morpholine rings is 1. The Kier molecular flexibility index (Phi) is 5.18. The van der Waals surface area contributed by atoms with Crippen LogP contribution in [0.1, 0.15) is 25.8 Å². The molecule has 0 aromatic heterocycles. The zero-order chi connectivity index (χ0) is 18.0. The summed E-state index contributed by atoms with van der Waals surface area (Å²) in [5.74, 6) is -0.726. The molecule has 0 unspecified atom stereocenters. The lowest BCUT2D eigenvalue weighted by atomic mass is 10.1. The van der Waals surface area contributed by atoms with E-state index in [1.807, 2.05) is 13.8 Å². The molecule has 134 valence electrons. The van der Waals surface area contributed by atoms with Crippen molar-refractivity contribution in [2.45, 2.75) is 20.3 Å². The number of carbonyl (C=O) groups excluding carboxylic acids is 2. The number of carbonyl (C=O) groups is 2. The van der Waals surface area contributed by atoms with E-state index >= 15 is 0 Å². The van der Waals surface area contributed by atoms with Gasteiger partial charge in [0, 0.05) is 31.3 Å². The van der Waals surface area contributed by atoms with Crippen molar-refractivity contribution in [3.05, 3.63) is 35.7 Å². The van der Waals surface area contributed by atoms with Crippen molar-refractivity contribution in [3.8, 4) is 0 Å². The third kappa shape index (κ3) is 3.44. The predicted octanol–water partition coefficient (Wildman–Crippen LogP) is 2.46. The monoisotopic (exact) mass is 346 g/mol. The van der Waals surface area contributed by atoms with Crippen molar-refractivity contribution in [3.63, 3.8) is 0 Å². The Bertz CT molecular complexity index is 711. The molecule has 0 N–H and O–H groups in total. The number of hydrogen-bond acceptors (Lipinski definition) is 3. The summed E-state index contributed by atoms with van der Waals surface area (Å²) in [5.41, 5.74) is 1.05. The van der Waals surface area contributed by atoms with Crippen molar-refractivity contribution >= 4 is 23.1 Å². The van der Waals surface area contributed by atoms with E-state index in [9.17, 15) is 14.0 Å². The third-order valence-electron chi connectivity index (χ3n) is 4.80. The van der Waals surface area contributed by atoms with Gasteiger partial charge in [-0.05, 0) is 12.0 Å². The van der Waals surface area contributed by atoms with Gasteiger partial charge in [0.2, 0.25) is 5.91 Å². The van der Waals surface area contributed by atoms with Gasteiger partial charge in [0.05, 0.1) is 24.5 Å². The number of halogens is 1. The molecule has 0 spiro atoms. The quantitative estimate of drug-likeness (QED) is 0.787. The van der Waals surface area contributed by atoms with Gasteiger partial charge in [0.25, 0.3) is 5.91 Å². The van der Waals surface area contributed by atoms with Gasteiger partial charge in [-0.15, -0.1) is 0 Å². The first kappa shape index (κ1) is 17.6. The van der Waals surface area contributed by atoms with Crippen molar-refractivity contribution in [1.82, 2.24) is 4.90 Å². The molecule has 2 aliphatic rings. The molecule has 0 radical (unpaired) electrons. The van der Waals surface area contributed by atoms with Gasteiger partial charge in [-0.25, -0.2) is 4.39 Å². The Morgan fingerprint density at radius 2 is 2.08 bits per heavy atom. The fourth-order valence-electron chi connectivity index (χ4n) is 3.12. The summed E-state index contributed by atoms with van der Waals surface area (Å²) in [4.78, 5) is 28.5. The summed E-state index contributed by atoms with van der Waals surface area (Å²) in [7, 11) is 0. The molecule has 0 saturated carbocycles. The molecule has 2 aliphatic heterocycles. The maximum absolute atomic E-state index is 14.4. The Hall–Kier alpha value is -2.21. The first-order chi connectivity index (χ1) is 12.0. The normalized spacial score (nSPS) is 20.1. The number of hydrogen-bond donors (Lipinski definition) is 0. The van der Waals surface area contributed by atoms with Gasteiger partial charge in [0.1, 0.15) is 5.82 Å². The molecular formula is C19H23FN2O3. The van der Waals surface area contributed by atoms with E-state index in [1.165, 1.54) is 17.0 Å². The molecule has 25 heavy (non-hydrogen) atoms. The molecule has 0 aliphatic carbocycles. The fourth-order valence-corrected chi connectivity index (χ4v) is 3.12. The number of ether oxygens (including phenoxy) is 1. The smallest absolute Gasteiger partial charge is 0.259 e. The first-order valence-electron chi connectivity index (χ1n) is 8.72. The molecule has 2 amide bonds. The highest BCUT2D eigenvalue weighted by molar-refractivity contribution is 6.34. The molecule has 1 atom stereocenters. The van der Waals surface area contributed by atoms with Crippen LogP contribution in [0, 0.1) is 11.7 Å². The number of nitrogens with zero attached hydrogens (tertiary/aromatic N) is 2. The zero-order valence-electron chi connectivity index (χ0n) is 14.6. The van der Waals surface area contributed by atoms with E-state index in [-0.39, 0.29) is 29.0 Å². The second-order valence-corrected chi connectivity index (χ2v) is 6.56. The zero-order valence-corrected chi connectivity index (χ0v) is 14.6. The maximum Gasteiger partial charge on any atom is 0.259 e. The van der Waals surface area contributed by atoms with E-state index in [1.54, 1.807) is 17.0 Å². The van der Waals surface area contributed by atoms with E-state index in [0.29, 0.717) is 38.4 Å². The largest absolute Gasteiger partial charge is 0.378 e. The van der Waals surface area contributed by atoms with Crippen molar-refractivity contribution < 1.29 is 18.7 Å². The van der Waals surface area contributed by atoms with Gasteiger partial charge in [0.15, 0.2) is 0 Å². The van der Waals surface area contributed by atoms with Crippen LogP contribution >= 0.6 is 0 Å². The van der Waals surface area contributed by atoms with E-state index < -0.39 is 5.82 Å². The number of para-hydroxylation sites is 1. The first-order valence-corrected chi connectivity index (χ1v) is 8.72. The minimum Gasteiger partial charge on any atom is -0.378 e. The predicted molar refractivity (Wildman–Crippen MR) is 93.6 cm³/mol. The van der Waals surface area contributed by atoms with E-state index in [2.05, 4.69) is 0 Å². The summed E-state index contributed by atoms with van der Waals surface area (Å²) >= 11 is 0. The van der Waals surface area contributed by atoms with Gasteiger partial charge in [-0.3, -0.25) is 9.59 Å². The lowest BCUT2D eigenvalue weighted by Crippen LogP contribution is -2.40. The highest BCUT2D eigenvalue weighted by Crippen LogP contribution is 2.39. The van der Waals surface area contributed by atoms with Crippen LogP contribution in [-0.2, 0) is 14.3 Å². The van der Waals surface area contributed by atoms with Gasteiger partial charge < -0.3 is 14.5 Å². The second kappa shape index (κ2) is 7.35. The molecular weight excluding hydrogens is 323 g/mol. The minimum atomic E-state index is -0.434. The fraction of sp³-hybridized carbons (Fsp3) is 0.474. The number of amides is 2. The molecule has 1 aromatic carbocycles. The standard InChI is InChI=1S/C19H23FN2O3/c1-3-13(2)12-22-18-14(5-4-6-16(18)20)15(19(22)24)11-17(23)21-7-9-25-10-8-21/h4-6,11,13H,3,7-10,12H2,1-2H3/b15-11+/t13-/m0/s1. The third-order valence-corrected chi connectivity index (χ3v) is 4.80. The highest BCUT2D eigenvalue weighted by Gasteiger charge is 2.36. The van der Waals surface area contributed by atoms with Crippen molar-refractivity contribution in [2.24, 2.45) is 5.92 Å². The lowest BCUT2D eigenvalue weighted by molar-refractivity contribution is -0.130. The maximum atomic E-state index is 14.4. The Labute approximate surface area is 147 Å². The minimum absolute atomic E-state index is 0.229.